The van der Waals surface area contributed by atoms with Crippen molar-refractivity contribution >= 4 is 0 Å². The van der Waals surface area contributed by atoms with Crippen LogP contribution in [0.3, 0.4) is 0 Å². The lowest BCUT2D eigenvalue weighted by Crippen LogP contribution is -2.01. The second-order valence-electron chi connectivity index (χ2n) is 2.56. The van der Waals surface area contributed by atoms with Crippen molar-refractivity contribution in [2.24, 2.45) is 0 Å². The van der Waals surface area contributed by atoms with Gasteiger partial charge in [0.1, 0.15) is 0 Å². The van der Waals surface area contributed by atoms with Crippen molar-refractivity contribution in [2.45, 2.75) is 6.61 Å². The Kier molecular flexibility index (Phi) is 3.24. The number of aliphatic hydroxyl groups is 1. The highest BCUT2D eigenvalue weighted by Crippen LogP contribution is 2.32. The van der Waals surface area contributed by atoms with Crippen molar-refractivity contribution in [1.82, 2.24) is 0 Å². The Morgan fingerprint density at radius 3 is 2.29 bits per heavy atom. The molecule has 0 aliphatic rings. The summed E-state index contributed by atoms with van der Waals surface area (Å²) in [5.41, 5.74) is -0.0694. The van der Waals surface area contributed by atoms with E-state index in [-0.39, 0.29) is 11.3 Å². The summed E-state index contributed by atoms with van der Waals surface area (Å²) in [6.07, 6.45) is 0. The molecule has 0 amide bonds. The molecule has 0 aliphatic carbocycles. The topological polar surface area (TPSA) is 38.7 Å². The third-order valence-corrected chi connectivity index (χ3v) is 1.80. The lowest BCUT2D eigenvalue weighted by Gasteiger charge is -2.10. The van der Waals surface area contributed by atoms with Gasteiger partial charge < -0.3 is 14.6 Å². The molecule has 1 aromatic carbocycles. The third kappa shape index (κ3) is 1.63. The van der Waals surface area contributed by atoms with Gasteiger partial charge in [0.05, 0.1) is 20.8 Å². The quantitative estimate of drug-likeness (QED) is 0.810. The standard InChI is InChI=1S/C9H10F2O3/c1-13-6-3-5(4-12)7(10)9(14-2)8(6)11/h3,12H,4H2,1-2H3. The number of rotatable bonds is 3. The zero-order chi connectivity index (χ0) is 10.7. The molecule has 0 atom stereocenters. The fraction of sp³-hybridized carbons (Fsp3) is 0.333. The molecule has 1 N–H and O–H groups in total. The van der Waals surface area contributed by atoms with Crippen LogP contribution in [0.2, 0.25) is 0 Å². The number of aliphatic hydroxyl groups excluding tert-OH is 1. The van der Waals surface area contributed by atoms with Crippen molar-refractivity contribution in [2.75, 3.05) is 14.2 Å². The fourth-order valence-electron chi connectivity index (χ4n) is 1.08. The van der Waals surface area contributed by atoms with Gasteiger partial charge in [-0.1, -0.05) is 0 Å². The second kappa shape index (κ2) is 4.23. The molecule has 14 heavy (non-hydrogen) atoms. The molecule has 0 aliphatic heterocycles. The van der Waals surface area contributed by atoms with Crippen molar-refractivity contribution in [3.05, 3.63) is 23.3 Å². The minimum absolute atomic E-state index is 0.0694. The molecule has 1 rings (SSSR count). The van der Waals surface area contributed by atoms with Crippen LogP contribution in [-0.2, 0) is 6.61 Å². The molecule has 3 nitrogen and oxygen atoms in total. The van der Waals surface area contributed by atoms with E-state index in [1.54, 1.807) is 0 Å². The van der Waals surface area contributed by atoms with Crippen molar-refractivity contribution in [1.29, 1.82) is 0 Å². The molecule has 78 valence electrons. The predicted octanol–water partition coefficient (Wildman–Crippen LogP) is 1.47. The molecular formula is C9H10F2O3. The number of hydrogen-bond acceptors (Lipinski definition) is 3. The van der Waals surface area contributed by atoms with Gasteiger partial charge in [0.25, 0.3) is 0 Å². The summed E-state index contributed by atoms with van der Waals surface area (Å²) >= 11 is 0. The molecule has 5 heteroatoms. The lowest BCUT2D eigenvalue weighted by molar-refractivity contribution is 0.267. The normalized spacial score (nSPS) is 10.1. The Hall–Kier alpha value is -1.36. The number of benzene rings is 1. The molecule has 0 bridgehead atoms. The van der Waals surface area contributed by atoms with Gasteiger partial charge in [-0.3, -0.25) is 0 Å². The van der Waals surface area contributed by atoms with Gasteiger partial charge >= 0.3 is 0 Å². The molecule has 0 unspecified atom stereocenters. The highest BCUT2D eigenvalue weighted by atomic mass is 19.1. The van der Waals surface area contributed by atoms with Crippen LogP contribution >= 0.6 is 0 Å². The van der Waals surface area contributed by atoms with E-state index >= 15 is 0 Å². The monoisotopic (exact) mass is 204 g/mol. The summed E-state index contributed by atoms with van der Waals surface area (Å²) in [5, 5.41) is 8.78. The maximum Gasteiger partial charge on any atom is 0.209 e. The van der Waals surface area contributed by atoms with Gasteiger partial charge in [-0.2, -0.15) is 4.39 Å². The maximum absolute atomic E-state index is 13.3. The first-order chi connectivity index (χ1) is 6.65. The van der Waals surface area contributed by atoms with Gasteiger partial charge in [0.15, 0.2) is 17.3 Å². The van der Waals surface area contributed by atoms with Crippen LogP contribution < -0.4 is 9.47 Å². The number of ether oxygens (including phenoxy) is 2. The van der Waals surface area contributed by atoms with Crippen molar-refractivity contribution < 1.29 is 23.4 Å². The number of hydrogen-bond donors (Lipinski definition) is 1. The van der Waals surface area contributed by atoms with Gasteiger partial charge in [0, 0.05) is 5.56 Å². The van der Waals surface area contributed by atoms with Crippen LogP contribution in [-0.4, -0.2) is 19.3 Å². The summed E-state index contributed by atoms with van der Waals surface area (Å²) in [7, 11) is 2.39. The fourth-order valence-corrected chi connectivity index (χ4v) is 1.08. The Morgan fingerprint density at radius 1 is 1.21 bits per heavy atom. The Bertz CT molecular complexity index is 311. The average Bonchev–Trinajstić information content (AvgIpc) is 2.19. The van der Waals surface area contributed by atoms with Gasteiger partial charge in [-0.25, -0.2) is 4.39 Å². The van der Waals surface area contributed by atoms with Crippen LogP contribution in [0.15, 0.2) is 6.07 Å². The first kappa shape index (κ1) is 10.7. The molecule has 0 saturated carbocycles. The van der Waals surface area contributed by atoms with Crippen molar-refractivity contribution in [3.8, 4) is 11.5 Å². The van der Waals surface area contributed by atoms with Crippen LogP contribution in [0.4, 0.5) is 8.78 Å². The van der Waals surface area contributed by atoms with E-state index < -0.39 is 24.0 Å². The summed E-state index contributed by atoms with van der Waals surface area (Å²) in [4.78, 5) is 0. The lowest BCUT2D eigenvalue weighted by atomic mass is 10.2. The third-order valence-electron chi connectivity index (χ3n) is 1.80. The molecule has 0 heterocycles. The molecule has 0 aromatic heterocycles. The zero-order valence-corrected chi connectivity index (χ0v) is 7.80. The highest BCUT2D eigenvalue weighted by molar-refractivity contribution is 5.41. The van der Waals surface area contributed by atoms with Crippen LogP contribution in [0.25, 0.3) is 0 Å². The first-order valence-corrected chi connectivity index (χ1v) is 3.85. The van der Waals surface area contributed by atoms with E-state index in [1.807, 2.05) is 0 Å². The highest BCUT2D eigenvalue weighted by Gasteiger charge is 2.19. The summed E-state index contributed by atoms with van der Waals surface area (Å²) in [6, 6.07) is 1.09. The first-order valence-electron chi connectivity index (χ1n) is 3.85. The number of methoxy groups -OCH3 is 2. The van der Waals surface area contributed by atoms with Gasteiger partial charge in [-0.15, -0.1) is 0 Å². The van der Waals surface area contributed by atoms with E-state index in [4.69, 9.17) is 5.11 Å². The maximum atomic E-state index is 13.3. The van der Waals surface area contributed by atoms with Crippen LogP contribution in [0.1, 0.15) is 5.56 Å². The Balaban J connectivity index is 3.39. The molecule has 1 aromatic rings. The van der Waals surface area contributed by atoms with Gasteiger partial charge in [0.2, 0.25) is 5.82 Å². The molecule has 0 fully saturated rings. The SMILES string of the molecule is COc1cc(CO)c(F)c(OC)c1F. The van der Waals surface area contributed by atoms with E-state index in [2.05, 4.69) is 9.47 Å². The van der Waals surface area contributed by atoms with Crippen molar-refractivity contribution in [3.63, 3.8) is 0 Å². The molecule has 0 saturated heterocycles. The number of halogens is 2. The van der Waals surface area contributed by atoms with E-state index in [1.165, 1.54) is 7.11 Å². The van der Waals surface area contributed by atoms with E-state index in [0.717, 1.165) is 13.2 Å². The minimum Gasteiger partial charge on any atom is -0.494 e. The van der Waals surface area contributed by atoms with E-state index in [0.29, 0.717) is 0 Å². The minimum atomic E-state index is -0.912. The molecule has 0 spiro atoms. The molecular weight excluding hydrogens is 194 g/mol. The van der Waals surface area contributed by atoms with Crippen LogP contribution in [0.5, 0.6) is 11.5 Å². The zero-order valence-electron chi connectivity index (χ0n) is 7.80. The Labute approximate surface area is 79.9 Å². The molecule has 0 radical (unpaired) electrons. The van der Waals surface area contributed by atoms with Crippen LogP contribution in [0, 0.1) is 11.6 Å². The summed E-state index contributed by atoms with van der Waals surface area (Å²) in [5.74, 6) is -2.53. The summed E-state index contributed by atoms with van der Waals surface area (Å²) < 4.78 is 35.7. The smallest absolute Gasteiger partial charge is 0.209 e. The predicted molar refractivity (Wildman–Crippen MR) is 45.4 cm³/mol. The van der Waals surface area contributed by atoms with Gasteiger partial charge in [-0.05, 0) is 6.07 Å². The van der Waals surface area contributed by atoms with E-state index in [9.17, 15) is 8.78 Å². The Morgan fingerprint density at radius 2 is 1.86 bits per heavy atom. The second-order valence-corrected chi connectivity index (χ2v) is 2.56. The average molecular weight is 204 g/mol. The summed E-state index contributed by atoms with van der Waals surface area (Å²) in [6.45, 7) is -0.543. The largest absolute Gasteiger partial charge is 0.494 e.